The van der Waals surface area contributed by atoms with Crippen molar-refractivity contribution in [2.45, 2.75) is 32.4 Å². The normalized spacial score (nSPS) is 19.5. The molecule has 0 radical (unpaired) electrons. The number of hydrazine groups is 1. The Labute approximate surface area is 153 Å². The van der Waals surface area contributed by atoms with Crippen molar-refractivity contribution in [3.63, 3.8) is 0 Å². The Morgan fingerprint density at radius 1 is 1.54 bits per heavy atom. The van der Waals surface area contributed by atoms with Crippen LogP contribution in [0, 0.1) is 0 Å². The third kappa shape index (κ3) is 4.85. The predicted octanol–water partition coefficient (Wildman–Crippen LogP) is 3.58. The summed E-state index contributed by atoms with van der Waals surface area (Å²) in [5.41, 5.74) is -0.358. The minimum absolute atomic E-state index is 0.0682. The Morgan fingerprint density at radius 2 is 2.17 bits per heavy atom. The van der Waals surface area contributed by atoms with Crippen LogP contribution in [0.15, 0.2) is 33.8 Å². The molecule has 1 aliphatic heterocycles. The molecule has 0 aliphatic carbocycles. The third-order valence-electron chi connectivity index (χ3n) is 4.18. The molecule has 24 heavy (non-hydrogen) atoms. The summed E-state index contributed by atoms with van der Waals surface area (Å²) < 4.78 is 30.9. The number of nitrogens with zero attached hydrogens (tertiary/aromatic N) is 3. The lowest BCUT2D eigenvalue weighted by atomic mass is 10.1. The summed E-state index contributed by atoms with van der Waals surface area (Å²) in [4.78, 5) is 12.8. The van der Waals surface area contributed by atoms with Crippen molar-refractivity contribution in [2.75, 3.05) is 27.7 Å². The lowest BCUT2D eigenvalue weighted by Crippen LogP contribution is -2.45. The Balaban J connectivity index is 2.68. The van der Waals surface area contributed by atoms with Crippen LogP contribution in [0.5, 0.6) is 0 Å². The van der Waals surface area contributed by atoms with E-state index in [-0.39, 0.29) is 24.0 Å². The van der Waals surface area contributed by atoms with Crippen LogP contribution in [-0.4, -0.2) is 60.3 Å². The number of carbonyl (C=O) groups is 1. The Hall–Kier alpha value is -1.29. The number of hydrogen-bond donors (Lipinski definition) is 0. The minimum atomic E-state index is -1.28. The standard InChI is InChI=1S/C16H25FIN3O3/c1-12(19(4)15(22)24-6)8-7-9-13(17)10-21-11-14(18-23)16(2,3)20(21)5/h7-9,11-12H,10H2,1-6H3/b8-7-,13-9+/t12-/m0/s1. The molecule has 1 atom stereocenters. The zero-order valence-corrected chi connectivity index (χ0v) is 17.1. The van der Waals surface area contributed by atoms with Crippen LogP contribution in [0.4, 0.5) is 9.18 Å². The Kier molecular flexibility index (Phi) is 7.53. The van der Waals surface area contributed by atoms with Gasteiger partial charge in [-0.3, -0.25) is 3.07 Å². The number of rotatable bonds is 6. The molecule has 1 heterocycles. The number of likely N-dealkylation sites (N-methyl/N-ethyl adjacent to an activating group) is 2. The van der Waals surface area contributed by atoms with Gasteiger partial charge in [-0.1, -0.05) is 12.2 Å². The molecule has 0 aromatic heterocycles. The van der Waals surface area contributed by atoms with E-state index < -0.39 is 27.3 Å². The molecule has 136 valence electrons. The van der Waals surface area contributed by atoms with Gasteiger partial charge in [0.05, 0.1) is 28.8 Å². The molecule has 8 heteroatoms. The van der Waals surface area contributed by atoms with Crippen molar-refractivity contribution in [3.05, 3.63) is 33.8 Å². The maximum Gasteiger partial charge on any atom is 0.409 e. The highest BCUT2D eigenvalue weighted by Crippen LogP contribution is 2.38. The zero-order chi connectivity index (χ0) is 18.5. The smallest absolute Gasteiger partial charge is 0.409 e. The fraction of sp³-hybridized carbons (Fsp3) is 0.562. The topological polar surface area (TPSA) is 53.1 Å². The van der Waals surface area contributed by atoms with Crippen LogP contribution < -0.4 is 0 Å². The molecule has 0 spiro atoms. The molecule has 0 N–H and O–H groups in total. The van der Waals surface area contributed by atoms with Gasteiger partial charge in [0.2, 0.25) is 0 Å². The van der Waals surface area contributed by atoms with Crippen LogP contribution in [0.3, 0.4) is 0 Å². The van der Waals surface area contributed by atoms with Gasteiger partial charge in [0.15, 0.2) is 21.2 Å². The Bertz CT molecular complexity index is 575. The van der Waals surface area contributed by atoms with Gasteiger partial charge in [-0.25, -0.2) is 14.2 Å². The van der Waals surface area contributed by atoms with Crippen molar-refractivity contribution in [3.8, 4) is 0 Å². The fourth-order valence-electron chi connectivity index (χ4n) is 2.08. The first-order valence-corrected chi connectivity index (χ1v) is 9.44. The predicted molar refractivity (Wildman–Crippen MR) is 99.3 cm³/mol. The molecular formula is C16H25FIN3O3. The van der Waals surface area contributed by atoms with Gasteiger partial charge in [-0.15, -0.1) is 0 Å². The van der Waals surface area contributed by atoms with Crippen molar-refractivity contribution < 1.29 is 17.0 Å². The quantitative estimate of drug-likeness (QED) is 0.455. The number of ether oxygens (including phenoxy) is 1. The maximum absolute atomic E-state index is 14.1. The monoisotopic (exact) mass is 453 g/mol. The zero-order valence-electron chi connectivity index (χ0n) is 14.9. The summed E-state index contributed by atoms with van der Waals surface area (Å²) >= 11 is -1.28. The summed E-state index contributed by atoms with van der Waals surface area (Å²) in [6.07, 6.45) is 5.95. The highest BCUT2D eigenvalue weighted by Gasteiger charge is 2.38. The minimum Gasteiger partial charge on any atom is -0.453 e. The number of hydrogen-bond acceptors (Lipinski definition) is 5. The molecule has 0 saturated heterocycles. The molecule has 0 unspecified atom stereocenters. The fourth-order valence-corrected chi connectivity index (χ4v) is 3.41. The van der Waals surface area contributed by atoms with E-state index in [2.05, 4.69) is 4.74 Å². The number of halogens is 2. The average Bonchev–Trinajstić information content (AvgIpc) is 2.76. The Morgan fingerprint density at radius 3 is 2.67 bits per heavy atom. The SMILES string of the molecule is COC(=O)N(C)[C@@H](C)/C=C\C=C(\F)CN1C=C(I=O)C(C)(C)N1C. The van der Waals surface area contributed by atoms with Crippen LogP contribution >= 0.6 is 21.2 Å². The molecule has 0 fully saturated rings. The summed E-state index contributed by atoms with van der Waals surface area (Å²) in [6, 6.07) is -0.216. The van der Waals surface area contributed by atoms with E-state index in [0.29, 0.717) is 0 Å². The molecule has 1 rings (SSSR count). The second-order valence-electron chi connectivity index (χ2n) is 6.05. The van der Waals surface area contributed by atoms with Gasteiger partial charge in [-0.2, -0.15) is 0 Å². The molecule has 1 aliphatic rings. The van der Waals surface area contributed by atoms with Gasteiger partial charge in [0, 0.05) is 20.3 Å². The molecule has 0 saturated carbocycles. The molecule has 1 amide bonds. The lowest BCUT2D eigenvalue weighted by molar-refractivity contribution is 0.0126. The van der Waals surface area contributed by atoms with Crippen molar-refractivity contribution >= 4 is 27.3 Å². The summed E-state index contributed by atoms with van der Waals surface area (Å²) in [6.45, 7) is 5.80. The van der Waals surface area contributed by atoms with Crippen LogP contribution in [-0.2, 0) is 7.81 Å². The summed E-state index contributed by atoms with van der Waals surface area (Å²) in [7, 11) is 4.77. The number of methoxy groups -OCH3 is 1. The van der Waals surface area contributed by atoms with Crippen molar-refractivity contribution in [2.24, 2.45) is 0 Å². The van der Waals surface area contributed by atoms with Crippen molar-refractivity contribution in [1.82, 2.24) is 14.9 Å². The second kappa shape index (κ2) is 8.70. The summed E-state index contributed by atoms with van der Waals surface area (Å²) in [5.74, 6) is -0.330. The van der Waals surface area contributed by atoms with Gasteiger partial charge in [-0.05, 0) is 26.8 Å². The molecule has 0 bridgehead atoms. The van der Waals surface area contributed by atoms with Crippen LogP contribution in [0.25, 0.3) is 0 Å². The van der Waals surface area contributed by atoms with E-state index in [4.69, 9.17) is 0 Å². The molecule has 0 aromatic carbocycles. The largest absolute Gasteiger partial charge is 0.453 e. The third-order valence-corrected chi connectivity index (χ3v) is 6.25. The van der Waals surface area contributed by atoms with Gasteiger partial charge in [0.25, 0.3) is 0 Å². The highest BCUT2D eigenvalue weighted by atomic mass is 127. The first kappa shape index (κ1) is 20.8. The lowest BCUT2D eigenvalue weighted by Gasteiger charge is -2.34. The summed E-state index contributed by atoms with van der Waals surface area (Å²) in [5, 5.41) is 3.60. The van der Waals surface area contributed by atoms with Crippen LogP contribution in [0.2, 0.25) is 0 Å². The number of allylic oxidation sites excluding steroid dienone is 2. The number of carbonyl (C=O) groups excluding carboxylic acids is 1. The van der Waals surface area contributed by atoms with E-state index in [9.17, 15) is 12.3 Å². The van der Waals surface area contributed by atoms with E-state index in [1.54, 1.807) is 30.4 Å². The first-order valence-electron chi connectivity index (χ1n) is 7.48. The van der Waals surface area contributed by atoms with Crippen molar-refractivity contribution in [1.29, 1.82) is 0 Å². The first-order chi connectivity index (χ1) is 11.1. The van der Waals surface area contributed by atoms with E-state index >= 15 is 0 Å². The van der Waals surface area contributed by atoms with Crippen LogP contribution in [0.1, 0.15) is 20.8 Å². The number of amides is 1. The molecule has 0 aromatic rings. The van der Waals surface area contributed by atoms with E-state index in [1.807, 2.05) is 32.8 Å². The van der Waals surface area contributed by atoms with Gasteiger partial charge in [0.1, 0.15) is 5.83 Å². The molecule has 6 nitrogen and oxygen atoms in total. The van der Waals surface area contributed by atoms with Gasteiger partial charge >= 0.3 is 6.09 Å². The van der Waals surface area contributed by atoms with E-state index in [0.717, 1.165) is 3.58 Å². The van der Waals surface area contributed by atoms with E-state index in [1.165, 1.54) is 18.1 Å². The second-order valence-corrected chi connectivity index (χ2v) is 7.66. The van der Waals surface area contributed by atoms with Gasteiger partial charge < -0.3 is 14.6 Å². The maximum atomic E-state index is 14.1. The average molecular weight is 453 g/mol. The molecular weight excluding hydrogens is 428 g/mol. The highest BCUT2D eigenvalue weighted by molar-refractivity contribution is 14.2.